The summed E-state index contributed by atoms with van der Waals surface area (Å²) in [6, 6.07) is 10.3. The van der Waals surface area contributed by atoms with Crippen molar-refractivity contribution in [1.29, 1.82) is 0 Å². The lowest BCUT2D eigenvalue weighted by Crippen LogP contribution is -2.62. The van der Waals surface area contributed by atoms with Gasteiger partial charge in [-0.1, -0.05) is 27.7 Å². The Bertz CT molecular complexity index is 1580. The average Bonchev–Trinajstić information content (AvgIpc) is 3.35. The number of esters is 1. The van der Waals surface area contributed by atoms with Crippen LogP contribution >= 0.6 is 27.7 Å². The number of nitro benzene ring substituents is 2. The van der Waals surface area contributed by atoms with E-state index in [2.05, 4.69) is 21.2 Å². The molecule has 2 aromatic rings. The van der Waals surface area contributed by atoms with Crippen molar-refractivity contribution < 1.29 is 43.2 Å². The molecule has 4 rings (SSSR count). The second kappa shape index (κ2) is 15.5. The molecule has 2 aliphatic heterocycles. The largest absolute Gasteiger partial charge is 0.508 e. The van der Waals surface area contributed by atoms with Crippen LogP contribution in [0.1, 0.15) is 24.5 Å². The van der Waals surface area contributed by atoms with E-state index in [0.29, 0.717) is 27.9 Å². The number of alkyl halides is 1. The Morgan fingerprint density at radius 1 is 1.02 bits per heavy atom. The zero-order chi connectivity index (χ0) is 33.4. The number of non-ortho nitro benzene ring substituents is 2. The van der Waals surface area contributed by atoms with Crippen molar-refractivity contribution in [1.82, 2.24) is 10.2 Å². The molecule has 3 atom stereocenters. The number of amides is 2. The molecule has 0 bridgehead atoms. The first-order valence-electron chi connectivity index (χ1n) is 13.7. The van der Waals surface area contributed by atoms with E-state index in [0.717, 1.165) is 11.8 Å². The molecule has 15 nitrogen and oxygen atoms in total. The van der Waals surface area contributed by atoms with Gasteiger partial charge in [-0.15, -0.1) is 0 Å². The van der Waals surface area contributed by atoms with E-state index in [1.54, 1.807) is 0 Å². The minimum absolute atomic E-state index is 0.00312. The molecule has 2 aliphatic rings. The Morgan fingerprint density at radius 2 is 1.59 bits per heavy atom. The van der Waals surface area contributed by atoms with Crippen molar-refractivity contribution in [3.8, 4) is 0 Å². The number of ether oxygens (including phenoxy) is 3. The monoisotopic (exact) mass is 718 g/mol. The maximum Gasteiger partial charge on any atom is 0.508 e. The number of nitrogens with one attached hydrogen (secondary N) is 1. The van der Waals surface area contributed by atoms with Crippen LogP contribution in [-0.2, 0) is 41.8 Å². The van der Waals surface area contributed by atoms with Gasteiger partial charge in [-0.05, 0) is 47.7 Å². The number of benzene rings is 2. The van der Waals surface area contributed by atoms with Gasteiger partial charge >= 0.3 is 12.1 Å². The van der Waals surface area contributed by atoms with Crippen molar-refractivity contribution in [2.24, 2.45) is 5.92 Å². The van der Waals surface area contributed by atoms with Crippen molar-refractivity contribution in [2.45, 2.75) is 38.7 Å². The van der Waals surface area contributed by atoms with Crippen LogP contribution in [0.25, 0.3) is 0 Å². The maximum atomic E-state index is 13.3. The van der Waals surface area contributed by atoms with Crippen LogP contribution in [0.15, 0.2) is 70.6 Å². The van der Waals surface area contributed by atoms with Crippen LogP contribution in [0.3, 0.4) is 0 Å². The van der Waals surface area contributed by atoms with Gasteiger partial charge < -0.3 is 24.4 Å². The average molecular weight is 720 g/mol. The van der Waals surface area contributed by atoms with Gasteiger partial charge in [0.15, 0.2) is 0 Å². The summed E-state index contributed by atoms with van der Waals surface area (Å²) in [5.41, 5.74) is 0.753. The summed E-state index contributed by atoms with van der Waals surface area (Å²) >= 11 is 4.30. The van der Waals surface area contributed by atoms with Gasteiger partial charge in [0.2, 0.25) is 11.8 Å². The fourth-order valence-corrected chi connectivity index (χ4v) is 5.88. The standard InChI is InChI=1S/C29H27BrN4O11S/c1-17(45-29(38)44-16-19-4-8-21(9-5-19)34(41)42)25-22-14-23(46-13-10-24(35)31-12-11-30)26(32(22)27(25)36)28(37)43-15-18-2-6-20(7-3-18)33(39)40/h2-10,13,17,22,25H,11-12,14-16H2,1H3,(H,31,35). The lowest BCUT2D eigenvalue weighted by atomic mass is 9.83. The van der Waals surface area contributed by atoms with Crippen LogP contribution < -0.4 is 5.32 Å². The molecule has 1 saturated heterocycles. The summed E-state index contributed by atoms with van der Waals surface area (Å²) in [5, 5.41) is 26.4. The summed E-state index contributed by atoms with van der Waals surface area (Å²) in [5.74, 6) is -2.42. The molecule has 1 fully saturated rings. The molecule has 242 valence electrons. The molecule has 17 heteroatoms. The van der Waals surface area contributed by atoms with Gasteiger partial charge in [0.1, 0.15) is 25.0 Å². The molecule has 0 saturated carbocycles. The predicted molar refractivity (Wildman–Crippen MR) is 166 cm³/mol. The lowest BCUT2D eigenvalue weighted by Gasteiger charge is -2.45. The number of hydrogen-bond acceptors (Lipinski definition) is 12. The van der Waals surface area contributed by atoms with Crippen LogP contribution in [-0.4, -0.2) is 62.7 Å². The number of fused-ring (bicyclic) bond motifs is 1. The second-order valence-corrected chi connectivity index (χ2v) is 11.8. The molecular formula is C29H27BrN4O11S. The first-order chi connectivity index (χ1) is 22.0. The van der Waals surface area contributed by atoms with Gasteiger partial charge in [0.05, 0.1) is 21.8 Å². The quantitative estimate of drug-likeness (QED) is 0.0718. The number of β-lactam (4-membered cyclic amide) rings is 1. The summed E-state index contributed by atoms with van der Waals surface area (Å²) in [4.78, 5) is 73.3. The number of rotatable bonds is 14. The zero-order valence-corrected chi connectivity index (χ0v) is 26.6. The number of carbonyl (C=O) groups excluding carboxylic acids is 4. The summed E-state index contributed by atoms with van der Waals surface area (Å²) in [7, 11) is 0. The van der Waals surface area contributed by atoms with Gasteiger partial charge in [-0.3, -0.25) is 29.8 Å². The van der Waals surface area contributed by atoms with Gasteiger partial charge in [0, 0.05) is 53.5 Å². The van der Waals surface area contributed by atoms with Crippen molar-refractivity contribution in [3.05, 3.63) is 102 Å². The highest BCUT2D eigenvalue weighted by Crippen LogP contribution is 2.48. The van der Waals surface area contributed by atoms with Crippen molar-refractivity contribution in [2.75, 3.05) is 11.9 Å². The fourth-order valence-electron chi connectivity index (χ4n) is 4.77. The number of nitrogens with zero attached hydrogens (tertiary/aromatic N) is 3. The molecule has 0 radical (unpaired) electrons. The smallest absolute Gasteiger partial charge is 0.456 e. The lowest BCUT2D eigenvalue weighted by molar-refractivity contribution is -0.385. The SMILES string of the molecule is CC(OC(=O)OCc1ccc([N+](=O)[O-])cc1)C1C(=O)N2C(C(=O)OCc3ccc([N+](=O)[O-])cc3)=C(SC=CC(=O)NCCBr)CC12. The Morgan fingerprint density at radius 3 is 2.13 bits per heavy atom. The molecule has 2 aromatic carbocycles. The predicted octanol–water partition coefficient (Wildman–Crippen LogP) is 4.49. The first kappa shape index (κ1) is 34.1. The molecule has 3 unspecified atom stereocenters. The minimum atomic E-state index is -1.04. The Kier molecular flexibility index (Phi) is 11.5. The van der Waals surface area contributed by atoms with E-state index in [1.165, 1.54) is 71.8 Å². The fraction of sp³-hybridized carbons (Fsp3) is 0.310. The highest BCUT2D eigenvalue weighted by Gasteiger charge is 2.58. The van der Waals surface area contributed by atoms with Gasteiger partial charge in [-0.2, -0.15) is 0 Å². The summed E-state index contributed by atoms with van der Waals surface area (Å²) in [6.45, 7) is 1.52. The molecule has 0 aliphatic carbocycles. The third-order valence-electron chi connectivity index (χ3n) is 6.99. The van der Waals surface area contributed by atoms with Crippen LogP contribution in [0.2, 0.25) is 0 Å². The van der Waals surface area contributed by atoms with E-state index >= 15 is 0 Å². The third kappa shape index (κ3) is 8.28. The normalized spacial score (nSPS) is 17.6. The first-order valence-corrected chi connectivity index (χ1v) is 15.7. The number of halogens is 1. The van der Waals surface area contributed by atoms with Crippen LogP contribution in [0, 0.1) is 26.1 Å². The van der Waals surface area contributed by atoms with E-state index < -0.39 is 45.9 Å². The molecule has 46 heavy (non-hydrogen) atoms. The van der Waals surface area contributed by atoms with Crippen molar-refractivity contribution >= 4 is 63.0 Å². The summed E-state index contributed by atoms with van der Waals surface area (Å²) < 4.78 is 15.9. The van der Waals surface area contributed by atoms with Crippen molar-refractivity contribution in [3.63, 3.8) is 0 Å². The highest BCUT2D eigenvalue weighted by atomic mass is 79.9. The highest BCUT2D eigenvalue weighted by molar-refractivity contribution is 9.09. The maximum absolute atomic E-state index is 13.3. The molecule has 2 amide bonds. The molecule has 1 N–H and O–H groups in total. The second-order valence-electron chi connectivity index (χ2n) is 9.96. The number of nitro groups is 2. The summed E-state index contributed by atoms with van der Waals surface area (Å²) in [6.07, 6.45) is -0.452. The Labute approximate surface area is 274 Å². The Balaban J connectivity index is 1.40. The Hall–Kier alpha value is -4.77. The van der Waals surface area contributed by atoms with E-state index in [-0.39, 0.29) is 42.6 Å². The topological polar surface area (TPSA) is 198 Å². The molecule has 0 aromatic heterocycles. The minimum Gasteiger partial charge on any atom is -0.456 e. The van der Waals surface area contributed by atoms with E-state index in [9.17, 15) is 39.4 Å². The zero-order valence-electron chi connectivity index (χ0n) is 24.2. The third-order valence-corrected chi connectivity index (χ3v) is 8.31. The van der Waals surface area contributed by atoms with Crippen LogP contribution in [0.4, 0.5) is 16.2 Å². The van der Waals surface area contributed by atoms with Gasteiger partial charge in [0.25, 0.3) is 11.4 Å². The van der Waals surface area contributed by atoms with E-state index in [1.807, 2.05) is 0 Å². The van der Waals surface area contributed by atoms with Gasteiger partial charge in [-0.25, -0.2) is 9.59 Å². The number of thioether (sulfide) groups is 1. The molecule has 2 heterocycles. The number of hydrogen-bond donors (Lipinski definition) is 1. The molecule has 0 spiro atoms. The van der Waals surface area contributed by atoms with Crippen LogP contribution in [0.5, 0.6) is 0 Å². The van der Waals surface area contributed by atoms with E-state index in [4.69, 9.17) is 14.2 Å². The molecular weight excluding hydrogens is 692 g/mol. The number of carbonyl (C=O) groups is 4.